The Labute approximate surface area is 123 Å². The maximum Gasteiger partial charge on any atom is 0.321 e. The van der Waals surface area contributed by atoms with Crippen molar-refractivity contribution in [2.45, 2.75) is 25.7 Å². The SMILES string of the molecule is Cc1c(NC(=O)N2CCC(F)(F)CC2)ccc(Br)c1F. The third kappa shape index (κ3) is 3.26. The van der Waals surface area contributed by atoms with Crippen molar-refractivity contribution < 1.29 is 18.0 Å². The molecule has 0 radical (unpaired) electrons. The van der Waals surface area contributed by atoms with Crippen molar-refractivity contribution in [3.8, 4) is 0 Å². The molecule has 0 aliphatic carbocycles. The predicted molar refractivity (Wildman–Crippen MR) is 73.6 cm³/mol. The Morgan fingerprint density at radius 2 is 1.95 bits per heavy atom. The minimum absolute atomic E-state index is 0.00308. The highest BCUT2D eigenvalue weighted by Gasteiger charge is 2.35. The fraction of sp³-hybridized carbons (Fsp3) is 0.462. The van der Waals surface area contributed by atoms with Gasteiger partial charge in [0.15, 0.2) is 0 Å². The fourth-order valence-electron chi connectivity index (χ4n) is 2.02. The fourth-order valence-corrected chi connectivity index (χ4v) is 2.45. The van der Waals surface area contributed by atoms with E-state index < -0.39 is 17.8 Å². The topological polar surface area (TPSA) is 32.3 Å². The molecule has 1 saturated heterocycles. The Hall–Kier alpha value is -1.24. The summed E-state index contributed by atoms with van der Waals surface area (Å²) in [6.45, 7) is 1.54. The summed E-state index contributed by atoms with van der Waals surface area (Å²) in [4.78, 5) is 13.3. The molecule has 1 aromatic rings. The van der Waals surface area contributed by atoms with Gasteiger partial charge in [0.05, 0.1) is 4.47 Å². The summed E-state index contributed by atoms with van der Waals surface area (Å²) < 4.78 is 40.0. The summed E-state index contributed by atoms with van der Waals surface area (Å²) in [5, 5.41) is 2.56. The van der Waals surface area contributed by atoms with E-state index in [1.807, 2.05) is 0 Å². The quantitative estimate of drug-likeness (QED) is 0.810. The van der Waals surface area contributed by atoms with Crippen LogP contribution in [0.1, 0.15) is 18.4 Å². The number of benzene rings is 1. The molecule has 7 heteroatoms. The third-order valence-corrected chi connectivity index (χ3v) is 3.98. The summed E-state index contributed by atoms with van der Waals surface area (Å²) in [6, 6.07) is 2.58. The van der Waals surface area contributed by atoms with Crippen LogP contribution in [0.3, 0.4) is 0 Å². The second-order valence-electron chi connectivity index (χ2n) is 4.81. The summed E-state index contributed by atoms with van der Waals surface area (Å²) >= 11 is 3.05. The summed E-state index contributed by atoms with van der Waals surface area (Å²) in [6.07, 6.45) is -0.678. The lowest BCUT2D eigenvalue weighted by molar-refractivity contribution is -0.0461. The number of piperidine rings is 1. The summed E-state index contributed by atoms with van der Waals surface area (Å²) in [5.74, 6) is -3.15. The molecule has 1 aliphatic rings. The van der Waals surface area contributed by atoms with Gasteiger partial charge in [-0.1, -0.05) is 0 Å². The van der Waals surface area contributed by atoms with Crippen LogP contribution in [0.4, 0.5) is 23.7 Å². The second-order valence-corrected chi connectivity index (χ2v) is 5.66. The number of anilines is 1. The molecule has 1 aromatic carbocycles. The Morgan fingerprint density at radius 1 is 1.35 bits per heavy atom. The first-order valence-electron chi connectivity index (χ1n) is 6.18. The molecule has 1 fully saturated rings. The van der Waals surface area contributed by atoms with Crippen LogP contribution in [0.2, 0.25) is 0 Å². The van der Waals surface area contributed by atoms with Gasteiger partial charge in [-0.05, 0) is 35.0 Å². The number of hydrogen-bond donors (Lipinski definition) is 1. The van der Waals surface area contributed by atoms with E-state index in [1.165, 1.54) is 11.0 Å². The smallest absolute Gasteiger partial charge is 0.321 e. The van der Waals surface area contributed by atoms with Gasteiger partial charge in [-0.3, -0.25) is 0 Å². The molecule has 1 N–H and O–H groups in total. The van der Waals surface area contributed by atoms with Gasteiger partial charge in [0.1, 0.15) is 5.82 Å². The van der Waals surface area contributed by atoms with Crippen molar-refractivity contribution in [1.29, 1.82) is 0 Å². The first-order valence-corrected chi connectivity index (χ1v) is 6.98. The van der Waals surface area contributed by atoms with Gasteiger partial charge < -0.3 is 10.2 Å². The number of halogens is 4. The zero-order valence-electron chi connectivity index (χ0n) is 10.9. The van der Waals surface area contributed by atoms with Gasteiger partial charge in [-0.25, -0.2) is 18.0 Å². The number of rotatable bonds is 1. The summed E-state index contributed by atoms with van der Waals surface area (Å²) in [5.41, 5.74) is 0.642. The minimum Gasteiger partial charge on any atom is -0.324 e. The standard InChI is InChI=1S/C13H14BrF3N2O/c1-8-10(3-2-9(14)11(8)15)18-12(20)19-6-4-13(16,17)5-7-19/h2-3H,4-7H2,1H3,(H,18,20). The van der Waals surface area contributed by atoms with Gasteiger partial charge in [0.2, 0.25) is 0 Å². The normalized spacial score (nSPS) is 17.9. The molecule has 0 bridgehead atoms. The molecule has 0 aromatic heterocycles. The molecule has 1 heterocycles. The van der Waals surface area contributed by atoms with Gasteiger partial charge in [0, 0.05) is 37.2 Å². The van der Waals surface area contributed by atoms with Crippen LogP contribution in [0.25, 0.3) is 0 Å². The first-order chi connectivity index (χ1) is 9.30. The minimum atomic E-state index is -2.70. The molecule has 0 saturated carbocycles. The number of nitrogens with zero attached hydrogens (tertiary/aromatic N) is 1. The van der Waals surface area contributed by atoms with E-state index in [1.54, 1.807) is 13.0 Å². The Bertz CT molecular complexity index is 527. The van der Waals surface area contributed by atoms with Crippen molar-refractivity contribution in [1.82, 2.24) is 4.90 Å². The number of urea groups is 1. The van der Waals surface area contributed by atoms with Crippen LogP contribution in [0.5, 0.6) is 0 Å². The van der Waals surface area contributed by atoms with Crippen LogP contribution in [0, 0.1) is 12.7 Å². The van der Waals surface area contributed by atoms with Crippen LogP contribution in [-0.2, 0) is 0 Å². The van der Waals surface area contributed by atoms with E-state index in [9.17, 15) is 18.0 Å². The highest BCUT2D eigenvalue weighted by atomic mass is 79.9. The molecule has 20 heavy (non-hydrogen) atoms. The Balaban J connectivity index is 2.04. The number of likely N-dealkylation sites (tertiary alicyclic amines) is 1. The van der Waals surface area contributed by atoms with E-state index >= 15 is 0 Å². The zero-order valence-corrected chi connectivity index (χ0v) is 12.4. The molecule has 2 amide bonds. The highest BCUT2D eigenvalue weighted by molar-refractivity contribution is 9.10. The number of carbonyl (C=O) groups excluding carboxylic acids is 1. The van der Waals surface area contributed by atoms with E-state index in [0.717, 1.165) is 0 Å². The predicted octanol–water partition coefficient (Wildman–Crippen LogP) is 4.16. The van der Waals surface area contributed by atoms with Crippen LogP contribution in [0.15, 0.2) is 16.6 Å². The van der Waals surface area contributed by atoms with E-state index in [-0.39, 0.29) is 25.9 Å². The Morgan fingerprint density at radius 3 is 2.55 bits per heavy atom. The summed E-state index contributed by atoms with van der Waals surface area (Å²) in [7, 11) is 0. The van der Waals surface area contributed by atoms with Crippen molar-refractivity contribution in [2.24, 2.45) is 0 Å². The van der Waals surface area contributed by atoms with Crippen molar-refractivity contribution in [2.75, 3.05) is 18.4 Å². The van der Waals surface area contributed by atoms with E-state index in [0.29, 0.717) is 15.7 Å². The zero-order chi connectivity index (χ0) is 14.9. The molecule has 0 atom stereocenters. The number of amides is 2. The first kappa shape index (κ1) is 15.2. The molecular formula is C13H14BrF3N2O. The largest absolute Gasteiger partial charge is 0.324 e. The number of hydrogen-bond acceptors (Lipinski definition) is 1. The number of alkyl halides is 2. The van der Waals surface area contributed by atoms with Crippen LogP contribution < -0.4 is 5.32 Å². The monoisotopic (exact) mass is 350 g/mol. The van der Waals surface area contributed by atoms with Crippen molar-refractivity contribution in [3.63, 3.8) is 0 Å². The van der Waals surface area contributed by atoms with Crippen LogP contribution in [-0.4, -0.2) is 29.9 Å². The van der Waals surface area contributed by atoms with Crippen molar-refractivity contribution in [3.05, 3.63) is 28.0 Å². The average molecular weight is 351 g/mol. The lowest BCUT2D eigenvalue weighted by Crippen LogP contribution is -2.44. The van der Waals surface area contributed by atoms with Gasteiger partial charge >= 0.3 is 6.03 Å². The molecule has 0 spiro atoms. The lowest BCUT2D eigenvalue weighted by Gasteiger charge is -2.31. The molecule has 2 rings (SSSR count). The molecular weight excluding hydrogens is 337 g/mol. The maximum atomic E-state index is 13.7. The number of carbonyl (C=O) groups is 1. The molecule has 1 aliphatic heterocycles. The molecule has 110 valence electrons. The van der Waals surface area contributed by atoms with Gasteiger partial charge in [0.25, 0.3) is 5.92 Å². The lowest BCUT2D eigenvalue weighted by atomic mass is 10.1. The van der Waals surface area contributed by atoms with E-state index in [4.69, 9.17) is 0 Å². The molecule has 0 unspecified atom stereocenters. The van der Waals surface area contributed by atoms with Crippen LogP contribution >= 0.6 is 15.9 Å². The maximum absolute atomic E-state index is 13.7. The van der Waals surface area contributed by atoms with Gasteiger partial charge in [-0.2, -0.15) is 0 Å². The van der Waals surface area contributed by atoms with Crippen molar-refractivity contribution >= 4 is 27.6 Å². The third-order valence-electron chi connectivity index (χ3n) is 3.36. The average Bonchev–Trinajstić information content (AvgIpc) is 2.39. The Kier molecular flexibility index (Phi) is 4.27. The van der Waals surface area contributed by atoms with E-state index in [2.05, 4.69) is 21.2 Å². The van der Waals surface area contributed by atoms with Gasteiger partial charge in [-0.15, -0.1) is 0 Å². The number of nitrogens with one attached hydrogen (secondary N) is 1. The molecule has 3 nitrogen and oxygen atoms in total. The highest BCUT2D eigenvalue weighted by Crippen LogP contribution is 2.29. The second kappa shape index (κ2) is 5.63.